The summed E-state index contributed by atoms with van der Waals surface area (Å²) in [6.07, 6.45) is 0.714. The Balaban J connectivity index is 1.66. The molecule has 0 unspecified atom stereocenters. The second kappa shape index (κ2) is 9.65. The van der Waals surface area contributed by atoms with E-state index < -0.39 is 24.5 Å². The summed E-state index contributed by atoms with van der Waals surface area (Å²) >= 11 is 1.29. The van der Waals surface area contributed by atoms with E-state index >= 15 is 0 Å². The largest absolute Gasteiger partial charge is 0.462 e. The summed E-state index contributed by atoms with van der Waals surface area (Å²) < 4.78 is 10.2. The number of aromatic nitrogens is 2. The first-order valence-corrected chi connectivity index (χ1v) is 10.7. The number of thiophene rings is 1. The van der Waals surface area contributed by atoms with E-state index in [-0.39, 0.29) is 12.2 Å². The molecule has 0 aliphatic carbocycles. The van der Waals surface area contributed by atoms with Crippen molar-refractivity contribution >= 4 is 45.2 Å². The quantitative estimate of drug-likeness (QED) is 0.555. The molecule has 0 spiro atoms. The average Bonchev–Trinajstić information content (AvgIpc) is 3.15. The van der Waals surface area contributed by atoms with Crippen LogP contribution in [-0.2, 0) is 20.7 Å². The van der Waals surface area contributed by atoms with E-state index in [2.05, 4.69) is 15.3 Å². The highest BCUT2D eigenvalue weighted by Gasteiger charge is 2.19. The molecule has 2 heterocycles. The monoisotopic (exact) mass is 441 g/mol. The fraction of sp³-hybridized carbons (Fsp3) is 0.318. The van der Waals surface area contributed by atoms with Crippen molar-refractivity contribution < 1.29 is 23.9 Å². The number of hydrogen-bond donors (Lipinski definition) is 1. The third-order valence-corrected chi connectivity index (χ3v) is 5.72. The summed E-state index contributed by atoms with van der Waals surface area (Å²) in [5.74, 6) is -1.70. The Kier molecular flexibility index (Phi) is 6.96. The van der Waals surface area contributed by atoms with Crippen molar-refractivity contribution in [3.63, 3.8) is 0 Å². The van der Waals surface area contributed by atoms with Gasteiger partial charge in [-0.05, 0) is 51.5 Å². The predicted molar refractivity (Wildman–Crippen MR) is 118 cm³/mol. The van der Waals surface area contributed by atoms with Crippen molar-refractivity contribution in [2.24, 2.45) is 0 Å². The number of esters is 2. The Labute approximate surface area is 183 Å². The predicted octanol–water partition coefficient (Wildman–Crippen LogP) is 3.84. The number of nitrogens with zero attached hydrogens (tertiary/aromatic N) is 2. The van der Waals surface area contributed by atoms with Gasteiger partial charge in [0.2, 0.25) is 0 Å². The number of hydrogen-bond acceptors (Lipinski definition) is 8. The summed E-state index contributed by atoms with van der Waals surface area (Å²) in [6.45, 7) is 7.12. The lowest BCUT2D eigenvalue weighted by atomic mass is 10.2. The first-order valence-electron chi connectivity index (χ1n) is 9.84. The van der Waals surface area contributed by atoms with Crippen LogP contribution in [0.5, 0.6) is 0 Å². The van der Waals surface area contributed by atoms with Crippen molar-refractivity contribution in [3.8, 4) is 0 Å². The van der Waals surface area contributed by atoms with Crippen molar-refractivity contribution in [2.75, 3.05) is 18.5 Å². The van der Waals surface area contributed by atoms with Gasteiger partial charge in [0.25, 0.3) is 5.91 Å². The number of benzene rings is 1. The van der Waals surface area contributed by atoms with Gasteiger partial charge in [0.05, 0.1) is 40.2 Å². The topological polar surface area (TPSA) is 107 Å². The summed E-state index contributed by atoms with van der Waals surface area (Å²) in [7, 11) is 0. The SMILES string of the molecule is CCOC(=O)c1cc(CC)sc1NC(=O)COC(=O)c1ccc2nc(C)c(C)nc2c1. The number of fused-ring (bicyclic) bond motifs is 1. The normalized spacial score (nSPS) is 10.7. The van der Waals surface area contributed by atoms with Crippen LogP contribution in [0.1, 0.15) is 50.8 Å². The molecule has 31 heavy (non-hydrogen) atoms. The van der Waals surface area contributed by atoms with Gasteiger partial charge >= 0.3 is 11.9 Å². The molecule has 0 fully saturated rings. The van der Waals surface area contributed by atoms with E-state index in [1.807, 2.05) is 20.8 Å². The molecular formula is C22H23N3O5S. The lowest BCUT2D eigenvalue weighted by Gasteiger charge is -2.08. The fourth-order valence-corrected chi connectivity index (χ4v) is 3.80. The molecule has 0 radical (unpaired) electrons. The molecule has 0 saturated heterocycles. The van der Waals surface area contributed by atoms with Crippen molar-refractivity contribution in [3.05, 3.63) is 51.7 Å². The molecule has 8 nitrogen and oxygen atoms in total. The van der Waals surface area contributed by atoms with Gasteiger partial charge in [0, 0.05) is 4.88 Å². The molecule has 0 atom stereocenters. The van der Waals surface area contributed by atoms with Gasteiger partial charge in [-0.15, -0.1) is 11.3 Å². The zero-order valence-corrected chi connectivity index (χ0v) is 18.6. The Morgan fingerprint density at radius 1 is 0.968 bits per heavy atom. The average molecular weight is 442 g/mol. The van der Waals surface area contributed by atoms with Crippen LogP contribution in [-0.4, -0.2) is 41.0 Å². The third-order valence-electron chi connectivity index (χ3n) is 4.53. The number of ether oxygens (including phenoxy) is 2. The molecule has 3 aromatic rings. The van der Waals surface area contributed by atoms with Gasteiger partial charge in [-0.25, -0.2) is 19.6 Å². The van der Waals surface area contributed by atoms with E-state index in [9.17, 15) is 14.4 Å². The summed E-state index contributed by atoms with van der Waals surface area (Å²) in [5, 5.41) is 3.01. The summed E-state index contributed by atoms with van der Waals surface area (Å²) in [4.78, 5) is 46.6. The highest BCUT2D eigenvalue weighted by atomic mass is 32.1. The first-order chi connectivity index (χ1) is 14.8. The molecule has 1 N–H and O–H groups in total. The summed E-state index contributed by atoms with van der Waals surface area (Å²) in [5.41, 5.74) is 3.41. The molecule has 2 aromatic heterocycles. The van der Waals surface area contributed by atoms with Crippen LogP contribution in [0.2, 0.25) is 0 Å². The molecular weight excluding hydrogens is 418 g/mol. The number of amides is 1. The minimum absolute atomic E-state index is 0.233. The first kappa shape index (κ1) is 22.4. The molecule has 0 bridgehead atoms. The number of nitrogens with one attached hydrogen (secondary N) is 1. The maximum absolute atomic E-state index is 12.4. The smallest absolute Gasteiger partial charge is 0.341 e. The standard InChI is InChI=1S/C22H23N3O5S/c1-5-15-10-16(22(28)29-6-2)20(31-15)25-19(26)11-30-21(27)14-7-8-17-18(9-14)24-13(4)12(3)23-17/h7-10H,5-6,11H2,1-4H3,(H,25,26). The van der Waals surface area contributed by atoms with Gasteiger partial charge in [0.1, 0.15) is 5.00 Å². The number of carbonyl (C=O) groups is 3. The van der Waals surface area contributed by atoms with Crippen molar-refractivity contribution in [2.45, 2.75) is 34.1 Å². The lowest BCUT2D eigenvalue weighted by Crippen LogP contribution is -2.21. The van der Waals surface area contributed by atoms with E-state index in [1.165, 1.54) is 11.3 Å². The third kappa shape index (κ3) is 5.24. The van der Waals surface area contributed by atoms with Gasteiger partial charge in [-0.2, -0.15) is 0 Å². The van der Waals surface area contributed by atoms with Crippen LogP contribution in [0.15, 0.2) is 24.3 Å². The highest BCUT2D eigenvalue weighted by Crippen LogP contribution is 2.29. The zero-order chi connectivity index (χ0) is 22.5. The van der Waals surface area contributed by atoms with Gasteiger partial charge in [0.15, 0.2) is 6.61 Å². The van der Waals surface area contributed by atoms with Crippen LogP contribution >= 0.6 is 11.3 Å². The number of aryl methyl sites for hydroxylation is 3. The Bertz CT molecular complexity index is 1160. The highest BCUT2D eigenvalue weighted by molar-refractivity contribution is 7.16. The van der Waals surface area contributed by atoms with E-state index in [4.69, 9.17) is 9.47 Å². The minimum Gasteiger partial charge on any atom is -0.462 e. The Hall–Kier alpha value is -3.33. The molecule has 162 valence electrons. The van der Waals surface area contributed by atoms with Crippen LogP contribution in [0.3, 0.4) is 0 Å². The van der Waals surface area contributed by atoms with E-state index in [0.29, 0.717) is 28.0 Å². The van der Waals surface area contributed by atoms with Crippen LogP contribution in [0.25, 0.3) is 11.0 Å². The minimum atomic E-state index is -0.650. The molecule has 0 aliphatic heterocycles. The second-order valence-corrected chi connectivity index (χ2v) is 7.89. The molecule has 3 rings (SSSR count). The van der Waals surface area contributed by atoms with Crippen molar-refractivity contribution in [1.29, 1.82) is 0 Å². The van der Waals surface area contributed by atoms with Gasteiger partial charge in [-0.3, -0.25) is 4.79 Å². The maximum atomic E-state index is 12.4. The van der Waals surface area contributed by atoms with Gasteiger partial charge < -0.3 is 14.8 Å². The molecule has 1 amide bonds. The van der Waals surface area contributed by atoms with Crippen LogP contribution in [0, 0.1) is 13.8 Å². The maximum Gasteiger partial charge on any atom is 0.341 e. The van der Waals surface area contributed by atoms with E-state index in [0.717, 1.165) is 16.3 Å². The van der Waals surface area contributed by atoms with Gasteiger partial charge in [-0.1, -0.05) is 6.92 Å². The molecule has 9 heteroatoms. The number of rotatable bonds is 7. The Morgan fingerprint density at radius 3 is 2.35 bits per heavy atom. The summed E-state index contributed by atoms with van der Waals surface area (Å²) in [6, 6.07) is 6.55. The molecule has 1 aromatic carbocycles. The zero-order valence-electron chi connectivity index (χ0n) is 17.8. The van der Waals surface area contributed by atoms with Crippen molar-refractivity contribution in [1.82, 2.24) is 9.97 Å². The Morgan fingerprint density at radius 2 is 1.68 bits per heavy atom. The number of anilines is 1. The molecule has 0 saturated carbocycles. The van der Waals surface area contributed by atoms with Crippen LogP contribution < -0.4 is 5.32 Å². The fourth-order valence-electron chi connectivity index (χ4n) is 2.80. The lowest BCUT2D eigenvalue weighted by molar-refractivity contribution is -0.119. The molecule has 0 aliphatic rings. The van der Waals surface area contributed by atoms with E-state index in [1.54, 1.807) is 31.2 Å². The van der Waals surface area contributed by atoms with Crippen LogP contribution in [0.4, 0.5) is 5.00 Å². The number of carbonyl (C=O) groups excluding carboxylic acids is 3. The second-order valence-electron chi connectivity index (χ2n) is 6.75.